The Morgan fingerprint density at radius 2 is 1.41 bits per heavy atom. The molecule has 0 unspecified atom stereocenters. The van der Waals surface area contributed by atoms with Crippen molar-refractivity contribution in [3.8, 4) is 5.75 Å². The van der Waals surface area contributed by atoms with E-state index >= 15 is 0 Å². The van der Waals surface area contributed by atoms with Gasteiger partial charge < -0.3 is 4.74 Å². The van der Waals surface area contributed by atoms with Crippen molar-refractivity contribution in [2.45, 2.75) is 14.5 Å². The maximum Gasteiger partial charge on any atom is 0.250 e. The molecule has 0 radical (unpaired) electrons. The van der Waals surface area contributed by atoms with Crippen LogP contribution in [-0.4, -0.2) is 27.3 Å². The SMILES string of the molecule is CCOc1ccc(C(=O)c2nc(C(Cl)(Cl)Cl)nc(C(Cl)(Cl)Cl)n2)c2ccccc12. The van der Waals surface area contributed by atoms with Gasteiger partial charge in [0.2, 0.25) is 19.2 Å². The average Bonchev–Trinajstić information content (AvgIpc) is 2.66. The summed E-state index contributed by atoms with van der Waals surface area (Å²) in [7, 11) is 0. The van der Waals surface area contributed by atoms with Crippen LogP contribution in [0.3, 0.4) is 0 Å². The van der Waals surface area contributed by atoms with Crippen LogP contribution < -0.4 is 4.74 Å². The van der Waals surface area contributed by atoms with E-state index < -0.39 is 13.4 Å². The summed E-state index contributed by atoms with van der Waals surface area (Å²) in [6.07, 6.45) is 0. The van der Waals surface area contributed by atoms with Crippen molar-refractivity contribution in [2.24, 2.45) is 0 Å². The predicted octanol–water partition coefficient (Wildman–Crippen LogP) is 6.31. The standard InChI is InChI=1S/C18H11Cl6N3O2/c1-2-29-12-8-7-11(9-5-3-4-6-10(9)12)13(28)14-25-15(17(19,20)21)27-16(26-14)18(22,23)24/h3-8H,2H2,1H3. The van der Waals surface area contributed by atoms with E-state index in [2.05, 4.69) is 15.0 Å². The number of nitrogens with zero attached hydrogens (tertiary/aromatic N) is 3. The van der Waals surface area contributed by atoms with Gasteiger partial charge in [0.1, 0.15) is 5.75 Å². The quantitative estimate of drug-likeness (QED) is 0.302. The third kappa shape index (κ3) is 4.98. The fraction of sp³-hybridized carbons (Fsp3) is 0.222. The van der Waals surface area contributed by atoms with Crippen LogP contribution >= 0.6 is 69.6 Å². The second kappa shape index (κ2) is 8.58. The van der Waals surface area contributed by atoms with Crippen molar-refractivity contribution < 1.29 is 9.53 Å². The highest BCUT2D eigenvalue weighted by Gasteiger charge is 2.35. The van der Waals surface area contributed by atoms with Gasteiger partial charge in [-0.2, -0.15) is 0 Å². The zero-order chi connectivity index (χ0) is 21.4. The number of aromatic nitrogens is 3. The van der Waals surface area contributed by atoms with E-state index in [1.54, 1.807) is 24.3 Å². The summed E-state index contributed by atoms with van der Waals surface area (Å²) >= 11 is 35.2. The lowest BCUT2D eigenvalue weighted by Crippen LogP contribution is -2.21. The van der Waals surface area contributed by atoms with E-state index in [0.717, 1.165) is 5.39 Å². The van der Waals surface area contributed by atoms with Crippen molar-refractivity contribution in [3.63, 3.8) is 0 Å². The van der Waals surface area contributed by atoms with Gasteiger partial charge >= 0.3 is 0 Å². The molecule has 1 aromatic heterocycles. The molecule has 0 saturated carbocycles. The molecular weight excluding hydrogens is 503 g/mol. The predicted molar refractivity (Wildman–Crippen MR) is 117 cm³/mol. The molecular formula is C18H11Cl6N3O2. The fourth-order valence-electron chi connectivity index (χ4n) is 2.60. The van der Waals surface area contributed by atoms with Gasteiger partial charge in [-0.15, -0.1) is 0 Å². The van der Waals surface area contributed by atoms with Gasteiger partial charge in [-0.05, 0) is 24.4 Å². The molecule has 0 fully saturated rings. The molecule has 5 nitrogen and oxygen atoms in total. The Labute approximate surface area is 196 Å². The Balaban J connectivity index is 2.20. The van der Waals surface area contributed by atoms with Crippen LogP contribution in [0.1, 0.15) is 34.8 Å². The van der Waals surface area contributed by atoms with E-state index in [9.17, 15) is 4.79 Å². The summed E-state index contributed by atoms with van der Waals surface area (Å²) in [5.74, 6) is -0.913. The number of hydrogen-bond donors (Lipinski definition) is 0. The Kier molecular flexibility index (Phi) is 6.68. The number of hydrogen-bond acceptors (Lipinski definition) is 5. The van der Waals surface area contributed by atoms with Crippen LogP contribution in [0.25, 0.3) is 10.8 Å². The maximum absolute atomic E-state index is 13.2. The summed E-state index contributed by atoms with van der Waals surface area (Å²) in [5.41, 5.74) is 0.306. The van der Waals surface area contributed by atoms with E-state index in [1.165, 1.54) is 0 Å². The monoisotopic (exact) mass is 511 g/mol. The minimum atomic E-state index is -2.05. The molecule has 0 aliphatic rings. The molecule has 0 N–H and O–H groups in total. The van der Waals surface area contributed by atoms with E-state index in [-0.39, 0.29) is 17.5 Å². The van der Waals surface area contributed by atoms with E-state index in [1.807, 2.05) is 19.1 Å². The summed E-state index contributed by atoms with van der Waals surface area (Å²) in [6.45, 7) is 2.35. The first kappa shape index (κ1) is 22.6. The largest absolute Gasteiger partial charge is 0.493 e. The van der Waals surface area contributed by atoms with Gasteiger partial charge in [-0.25, -0.2) is 15.0 Å². The lowest BCUT2D eigenvalue weighted by Gasteiger charge is -2.16. The first-order valence-corrected chi connectivity index (χ1v) is 10.4. The number of alkyl halides is 6. The number of benzene rings is 2. The summed E-state index contributed by atoms with van der Waals surface area (Å²) < 4.78 is 1.53. The molecule has 11 heteroatoms. The molecule has 0 aliphatic heterocycles. The third-order valence-corrected chi connectivity index (χ3v) is 4.79. The molecule has 2 aromatic carbocycles. The Hall–Kier alpha value is -1.08. The average molecular weight is 514 g/mol. The van der Waals surface area contributed by atoms with Crippen LogP contribution in [0.2, 0.25) is 0 Å². The first-order valence-electron chi connectivity index (χ1n) is 8.12. The number of carbonyl (C=O) groups is 1. The number of ketones is 1. The van der Waals surface area contributed by atoms with Crippen LogP contribution in [0.15, 0.2) is 36.4 Å². The molecule has 0 amide bonds. The van der Waals surface area contributed by atoms with Crippen molar-refractivity contribution >= 4 is 86.2 Å². The van der Waals surface area contributed by atoms with Crippen molar-refractivity contribution in [3.05, 3.63) is 59.4 Å². The molecule has 29 heavy (non-hydrogen) atoms. The van der Waals surface area contributed by atoms with Crippen LogP contribution in [-0.2, 0) is 7.59 Å². The Bertz CT molecular complexity index is 1050. The number of carbonyl (C=O) groups excluding carboxylic acids is 1. The number of fused-ring (bicyclic) bond motifs is 1. The number of rotatable bonds is 4. The number of halogens is 6. The second-order valence-corrected chi connectivity index (χ2v) is 10.3. The molecule has 3 rings (SSSR count). The molecule has 152 valence electrons. The van der Waals surface area contributed by atoms with Crippen LogP contribution in [0.5, 0.6) is 5.75 Å². The highest BCUT2D eigenvalue weighted by atomic mass is 35.6. The zero-order valence-electron chi connectivity index (χ0n) is 14.6. The highest BCUT2D eigenvalue weighted by Crippen LogP contribution is 2.40. The fourth-order valence-corrected chi connectivity index (χ4v) is 3.11. The molecule has 0 aliphatic carbocycles. The Morgan fingerprint density at radius 3 is 1.93 bits per heavy atom. The smallest absolute Gasteiger partial charge is 0.250 e. The van der Waals surface area contributed by atoms with Gasteiger partial charge in [0.25, 0.3) is 0 Å². The summed E-state index contributed by atoms with van der Waals surface area (Å²) in [5, 5.41) is 1.38. The van der Waals surface area contributed by atoms with Gasteiger partial charge in [-0.1, -0.05) is 93.9 Å². The zero-order valence-corrected chi connectivity index (χ0v) is 19.1. The highest BCUT2D eigenvalue weighted by molar-refractivity contribution is 6.67. The minimum Gasteiger partial charge on any atom is -0.493 e. The van der Waals surface area contributed by atoms with Gasteiger partial charge in [0.15, 0.2) is 11.6 Å². The summed E-state index contributed by atoms with van der Waals surface area (Å²) in [4.78, 5) is 25.1. The molecule has 0 spiro atoms. The van der Waals surface area contributed by atoms with Crippen molar-refractivity contribution in [1.82, 2.24) is 15.0 Å². The molecule has 0 bridgehead atoms. The van der Waals surface area contributed by atoms with Gasteiger partial charge in [-0.3, -0.25) is 4.79 Å². The van der Waals surface area contributed by atoms with Gasteiger partial charge in [0, 0.05) is 10.9 Å². The van der Waals surface area contributed by atoms with E-state index in [4.69, 9.17) is 74.3 Å². The molecule has 1 heterocycles. The number of ether oxygens (including phenoxy) is 1. The Morgan fingerprint density at radius 1 is 0.862 bits per heavy atom. The van der Waals surface area contributed by atoms with Crippen LogP contribution in [0.4, 0.5) is 0 Å². The van der Waals surface area contributed by atoms with Crippen molar-refractivity contribution in [2.75, 3.05) is 6.61 Å². The maximum atomic E-state index is 13.2. The van der Waals surface area contributed by atoms with E-state index in [0.29, 0.717) is 23.3 Å². The third-order valence-electron chi connectivity index (χ3n) is 3.77. The lowest BCUT2D eigenvalue weighted by atomic mass is 10.00. The summed E-state index contributed by atoms with van der Waals surface area (Å²) in [6, 6.07) is 10.5. The molecule has 3 aromatic rings. The lowest BCUT2D eigenvalue weighted by molar-refractivity contribution is 0.103. The van der Waals surface area contributed by atoms with Crippen LogP contribution in [0, 0.1) is 0 Å². The minimum absolute atomic E-state index is 0.306. The molecule has 0 atom stereocenters. The van der Waals surface area contributed by atoms with Gasteiger partial charge in [0.05, 0.1) is 6.61 Å². The van der Waals surface area contributed by atoms with Crippen molar-refractivity contribution in [1.29, 1.82) is 0 Å². The molecule has 0 saturated heterocycles. The topological polar surface area (TPSA) is 65.0 Å². The normalized spacial score (nSPS) is 12.2. The first-order chi connectivity index (χ1) is 13.5. The second-order valence-electron chi connectivity index (χ2n) is 5.72.